The minimum Gasteiger partial charge on any atom is -0.396 e. The Labute approximate surface area is 111 Å². The number of nitrogens with two attached hydrogens (primary N) is 1. The van der Waals surface area contributed by atoms with E-state index in [1.54, 1.807) is 10.7 Å². The summed E-state index contributed by atoms with van der Waals surface area (Å²) in [6.45, 7) is 4.52. The normalized spacial score (nSPS) is 10.7. The number of aryl methyl sites for hydroxylation is 2. The number of ketones is 1. The van der Waals surface area contributed by atoms with E-state index in [9.17, 15) is 9.18 Å². The Morgan fingerprint density at radius 2 is 2.21 bits per heavy atom. The van der Waals surface area contributed by atoms with Gasteiger partial charge in [-0.15, -0.1) is 0 Å². The first-order valence-corrected chi connectivity index (χ1v) is 6.13. The van der Waals surface area contributed by atoms with E-state index in [0.29, 0.717) is 6.54 Å². The van der Waals surface area contributed by atoms with Crippen LogP contribution in [0.1, 0.15) is 28.7 Å². The van der Waals surface area contributed by atoms with Crippen LogP contribution < -0.4 is 5.73 Å². The van der Waals surface area contributed by atoms with E-state index in [1.807, 2.05) is 19.9 Å². The molecule has 0 spiro atoms. The van der Waals surface area contributed by atoms with Crippen LogP contribution in [0.5, 0.6) is 0 Å². The molecule has 1 aromatic heterocycles. The maximum absolute atomic E-state index is 13.3. The summed E-state index contributed by atoms with van der Waals surface area (Å²) in [5, 5.41) is 4.27. The van der Waals surface area contributed by atoms with Crippen LogP contribution in [0.15, 0.2) is 24.3 Å². The van der Waals surface area contributed by atoms with E-state index in [-0.39, 0.29) is 23.5 Å². The van der Waals surface area contributed by atoms with Gasteiger partial charge in [0.1, 0.15) is 5.82 Å². The molecule has 0 aliphatic rings. The predicted octanol–water partition coefficient (Wildman–Crippen LogP) is 2.36. The second-order valence-corrected chi connectivity index (χ2v) is 4.39. The van der Waals surface area contributed by atoms with Crippen molar-refractivity contribution in [2.75, 3.05) is 5.73 Å². The van der Waals surface area contributed by atoms with Crippen LogP contribution in [0.3, 0.4) is 0 Å². The van der Waals surface area contributed by atoms with Gasteiger partial charge in [-0.3, -0.25) is 9.48 Å². The van der Waals surface area contributed by atoms with Gasteiger partial charge in [-0.1, -0.05) is 6.07 Å². The number of hydrogen-bond acceptors (Lipinski definition) is 3. The number of hydrogen-bond donors (Lipinski definition) is 1. The maximum Gasteiger partial charge on any atom is 0.170 e. The average Bonchev–Trinajstić information content (AvgIpc) is 2.72. The highest BCUT2D eigenvalue weighted by atomic mass is 19.1. The third kappa shape index (κ3) is 2.65. The molecule has 0 aliphatic carbocycles. The van der Waals surface area contributed by atoms with E-state index < -0.39 is 5.82 Å². The number of Topliss-reactive ketones (excluding diaryl/α,β-unsaturated/α-hetero) is 1. The lowest BCUT2D eigenvalue weighted by atomic mass is 10.0. The topological polar surface area (TPSA) is 60.9 Å². The van der Waals surface area contributed by atoms with Crippen molar-refractivity contribution in [2.24, 2.45) is 0 Å². The van der Waals surface area contributed by atoms with Crippen LogP contribution in [0.2, 0.25) is 0 Å². The molecule has 19 heavy (non-hydrogen) atoms. The van der Waals surface area contributed by atoms with Gasteiger partial charge < -0.3 is 5.73 Å². The maximum atomic E-state index is 13.3. The van der Waals surface area contributed by atoms with Gasteiger partial charge in [-0.2, -0.15) is 5.10 Å². The van der Waals surface area contributed by atoms with Gasteiger partial charge in [0.25, 0.3) is 0 Å². The van der Waals surface area contributed by atoms with Gasteiger partial charge in [0.05, 0.1) is 17.8 Å². The molecule has 100 valence electrons. The molecular formula is C14H16FN3O. The number of nitrogens with zero attached hydrogens (tertiary/aromatic N) is 2. The van der Waals surface area contributed by atoms with Gasteiger partial charge in [-0.05, 0) is 32.0 Å². The Bertz CT molecular complexity index is 619. The summed E-state index contributed by atoms with van der Waals surface area (Å²) in [7, 11) is 0. The molecule has 0 saturated carbocycles. The Hall–Kier alpha value is -2.17. The molecule has 0 unspecified atom stereocenters. The molecule has 2 aromatic rings. The monoisotopic (exact) mass is 261 g/mol. The van der Waals surface area contributed by atoms with Gasteiger partial charge in [0.15, 0.2) is 5.78 Å². The Balaban J connectivity index is 2.28. The number of halogens is 1. The first-order valence-electron chi connectivity index (χ1n) is 6.13. The number of rotatable bonds is 4. The number of aromatic nitrogens is 2. The minimum absolute atomic E-state index is 0.0909. The summed E-state index contributed by atoms with van der Waals surface area (Å²) >= 11 is 0. The van der Waals surface area contributed by atoms with Crippen LogP contribution >= 0.6 is 0 Å². The molecule has 0 radical (unpaired) electrons. The highest BCUT2D eigenvalue weighted by Crippen LogP contribution is 2.18. The van der Waals surface area contributed by atoms with E-state index in [4.69, 9.17) is 5.73 Å². The van der Waals surface area contributed by atoms with Crippen LogP contribution in [0.4, 0.5) is 10.1 Å². The molecule has 0 fully saturated rings. The number of carbonyl (C=O) groups is 1. The second-order valence-electron chi connectivity index (χ2n) is 4.39. The zero-order valence-corrected chi connectivity index (χ0v) is 11.0. The van der Waals surface area contributed by atoms with E-state index >= 15 is 0 Å². The highest BCUT2D eigenvalue weighted by molar-refractivity contribution is 6.01. The molecule has 5 heteroatoms. The minimum atomic E-state index is -0.564. The van der Waals surface area contributed by atoms with Gasteiger partial charge in [0, 0.05) is 17.8 Å². The van der Waals surface area contributed by atoms with Crippen molar-refractivity contribution in [3.8, 4) is 0 Å². The largest absolute Gasteiger partial charge is 0.396 e. The number of anilines is 1. The highest BCUT2D eigenvalue weighted by Gasteiger charge is 2.15. The standard InChI is InChI=1S/C14H16FN3O/c1-3-18-10(7-9(2)17-18)8-13(19)11-5-4-6-12(15)14(11)16/h4-7H,3,8,16H2,1-2H3. The number of carbonyl (C=O) groups excluding carboxylic acids is 1. The van der Waals surface area contributed by atoms with Gasteiger partial charge >= 0.3 is 0 Å². The number of para-hydroxylation sites is 1. The van der Waals surface area contributed by atoms with Crippen molar-refractivity contribution < 1.29 is 9.18 Å². The lowest BCUT2D eigenvalue weighted by molar-refractivity contribution is 0.0991. The Morgan fingerprint density at radius 3 is 2.89 bits per heavy atom. The summed E-state index contributed by atoms with van der Waals surface area (Å²) in [4.78, 5) is 12.2. The summed E-state index contributed by atoms with van der Waals surface area (Å²) < 4.78 is 15.1. The van der Waals surface area contributed by atoms with Crippen molar-refractivity contribution in [2.45, 2.75) is 26.8 Å². The first kappa shape index (κ1) is 13.3. The van der Waals surface area contributed by atoms with Crippen molar-refractivity contribution in [1.29, 1.82) is 0 Å². The van der Waals surface area contributed by atoms with Crippen molar-refractivity contribution in [3.05, 3.63) is 47.0 Å². The van der Waals surface area contributed by atoms with Gasteiger partial charge in [-0.25, -0.2) is 4.39 Å². The lowest BCUT2D eigenvalue weighted by Crippen LogP contribution is -2.12. The third-order valence-electron chi connectivity index (χ3n) is 2.98. The first-order chi connectivity index (χ1) is 9.02. The molecule has 1 heterocycles. The fraction of sp³-hybridized carbons (Fsp3) is 0.286. The zero-order chi connectivity index (χ0) is 14.0. The third-order valence-corrected chi connectivity index (χ3v) is 2.98. The quantitative estimate of drug-likeness (QED) is 0.679. The predicted molar refractivity (Wildman–Crippen MR) is 71.5 cm³/mol. The van der Waals surface area contributed by atoms with Crippen molar-refractivity contribution >= 4 is 11.5 Å². The lowest BCUT2D eigenvalue weighted by Gasteiger charge is -2.07. The van der Waals surface area contributed by atoms with Crippen LogP contribution in [-0.4, -0.2) is 15.6 Å². The molecule has 0 bridgehead atoms. The van der Waals surface area contributed by atoms with Crippen molar-refractivity contribution in [1.82, 2.24) is 9.78 Å². The van der Waals surface area contributed by atoms with E-state index in [0.717, 1.165) is 11.4 Å². The fourth-order valence-electron chi connectivity index (χ4n) is 2.06. The average molecular weight is 261 g/mol. The zero-order valence-electron chi connectivity index (χ0n) is 11.0. The van der Waals surface area contributed by atoms with Crippen LogP contribution in [0, 0.1) is 12.7 Å². The molecule has 2 rings (SSSR count). The Morgan fingerprint density at radius 1 is 1.47 bits per heavy atom. The summed E-state index contributed by atoms with van der Waals surface area (Å²) in [6.07, 6.45) is 0.169. The molecule has 1 aromatic carbocycles. The molecule has 2 N–H and O–H groups in total. The van der Waals surface area contributed by atoms with Crippen molar-refractivity contribution in [3.63, 3.8) is 0 Å². The molecule has 0 atom stereocenters. The fourth-order valence-corrected chi connectivity index (χ4v) is 2.06. The SMILES string of the molecule is CCn1nc(C)cc1CC(=O)c1cccc(F)c1N. The summed E-state index contributed by atoms with van der Waals surface area (Å²) in [6, 6.07) is 6.13. The molecule has 0 aliphatic heterocycles. The van der Waals surface area contributed by atoms with E-state index in [2.05, 4.69) is 5.10 Å². The van der Waals surface area contributed by atoms with Gasteiger partial charge in [0.2, 0.25) is 0 Å². The molecule has 0 saturated heterocycles. The smallest absolute Gasteiger partial charge is 0.170 e. The van der Waals surface area contributed by atoms with E-state index in [1.165, 1.54) is 12.1 Å². The van der Waals surface area contributed by atoms with Crippen LogP contribution in [0.25, 0.3) is 0 Å². The summed E-state index contributed by atoms with van der Waals surface area (Å²) in [5.74, 6) is -0.766. The second kappa shape index (κ2) is 5.22. The number of benzene rings is 1. The molecule has 4 nitrogen and oxygen atoms in total. The number of nitrogen functional groups attached to an aromatic ring is 1. The summed E-state index contributed by atoms with van der Waals surface area (Å²) in [5.41, 5.74) is 7.40. The molecular weight excluding hydrogens is 245 g/mol. The molecule has 0 amide bonds. The Kier molecular flexibility index (Phi) is 3.64. The van der Waals surface area contributed by atoms with Crippen LogP contribution in [-0.2, 0) is 13.0 Å².